The SMILES string of the molecule is CCOC(=O)[C@@H]1C(=O)C=C(c2ccccc2)C[C@H]1c1ccc(C)cc1. The molecule has 2 aromatic rings. The summed E-state index contributed by atoms with van der Waals surface area (Å²) in [6.07, 6.45) is 2.25. The summed E-state index contributed by atoms with van der Waals surface area (Å²) < 4.78 is 5.18. The number of esters is 1. The van der Waals surface area contributed by atoms with E-state index < -0.39 is 11.9 Å². The molecular weight excluding hydrogens is 312 g/mol. The van der Waals surface area contributed by atoms with Gasteiger partial charge in [-0.05, 0) is 43.0 Å². The molecule has 0 aliphatic heterocycles. The van der Waals surface area contributed by atoms with E-state index in [1.165, 1.54) is 0 Å². The maximum Gasteiger partial charge on any atom is 0.317 e. The molecule has 0 radical (unpaired) electrons. The number of allylic oxidation sites excluding steroid dienone is 2. The number of ether oxygens (including phenoxy) is 1. The lowest BCUT2D eigenvalue weighted by atomic mass is 9.73. The van der Waals surface area contributed by atoms with Crippen molar-refractivity contribution in [3.8, 4) is 0 Å². The Bertz CT molecular complexity index is 788. The molecule has 0 spiro atoms. The predicted molar refractivity (Wildman–Crippen MR) is 98.1 cm³/mol. The number of benzene rings is 2. The van der Waals surface area contributed by atoms with Gasteiger partial charge in [-0.2, -0.15) is 0 Å². The Balaban J connectivity index is 2.01. The number of ketones is 1. The minimum Gasteiger partial charge on any atom is -0.465 e. The molecule has 1 aliphatic carbocycles. The Hall–Kier alpha value is -2.68. The third-order valence-corrected chi connectivity index (χ3v) is 4.66. The highest BCUT2D eigenvalue weighted by Gasteiger charge is 2.39. The zero-order chi connectivity index (χ0) is 17.8. The smallest absolute Gasteiger partial charge is 0.317 e. The molecule has 0 saturated carbocycles. The molecule has 0 fully saturated rings. The van der Waals surface area contributed by atoms with Gasteiger partial charge in [0.25, 0.3) is 0 Å². The van der Waals surface area contributed by atoms with Crippen LogP contribution in [0.2, 0.25) is 0 Å². The number of rotatable bonds is 4. The summed E-state index contributed by atoms with van der Waals surface area (Å²) in [6.45, 7) is 4.06. The van der Waals surface area contributed by atoms with Gasteiger partial charge < -0.3 is 4.74 Å². The molecule has 3 rings (SSSR count). The van der Waals surface area contributed by atoms with Crippen LogP contribution in [0.1, 0.15) is 36.0 Å². The van der Waals surface area contributed by atoms with Gasteiger partial charge in [-0.25, -0.2) is 0 Å². The van der Waals surface area contributed by atoms with Gasteiger partial charge >= 0.3 is 5.97 Å². The average Bonchev–Trinajstić information content (AvgIpc) is 2.62. The fourth-order valence-corrected chi connectivity index (χ4v) is 3.36. The number of aryl methyl sites for hydroxylation is 1. The highest BCUT2D eigenvalue weighted by Crippen LogP contribution is 2.40. The second-order valence-corrected chi connectivity index (χ2v) is 6.39. The third kappa shape index (κ3) is 3.71. The summed E-state index contributed by atoms with van der Waals surface area (Å²) in [4.78, 5) is 25.2. The van der Waals surface area contributed by atoms with E-state index in [0.717, 1.165) is 22.3 Å². The summed E-state index contributed by atoms with van der Waals surface area (Å²) >= 11 is 0. The number of hydrogen-bond acceptors (Lipinski definition) is 3. The van der Waals surface area contributed by atoms with Crippen LogP contribution in [0.25, 0.3) is 5.57 Å². The molecule has 1 aliphatic rings. The molecule has 0 amide bonds. The van der Waals surface area contributed by atoms with Crippen molar-refractivity contribution in [2.45, 2.75) is 26.2 Å². The van der Waals surface area contributed by atoms with Gasteiger partial charge in [0.05, 0.1) is 6.61 Å². The Kier molecular flexibility index (Phi) is 5.13. The third-order valence-electron chi connectivity index (χ3n) is 4.66. The Morgan fingerprint density at radius 1 is 1.08 bits per heavy atom. The van der Waals surface area contributed by atoms with Crippen molar-refractivity contribution < 1.29 is 14.3 Å². The van der Waals surface area contributed by atoms with Gasteiger partial charge in [0.2, 0.25) is 0 Å². The standard InChI is InChI=1S/C22H22O3/c1-3-25-22(24)21-19(17-11-9-15(2)10-12-17)13-18(14-20(21)23)16-7-5-4-6-8-16/h4-12,14,19,21H,3,13H2,1-2H3/t19-,21-/m0/s1. The van der Waals surface area contributed by atoms with Crippen LogP contribution >= 0.6 is 0 Å². The summed E-state index contributed by atoms with van der Waals surface area (Å²) in [5.41, 5.74) is 4.14. The first-order chi connectivity index (χ1) is 12.1. The van der Waals surface area contributed by atoms with E-state index in [9.17, 15) is 9.59 Å². The lowest BCUT2D eigenvalue weighted by Crippen LogP contribution is -2.34. The van der Waals surface area contributed by atoms with Gasteiger partial charge in [0.1, 0.15) is 5.92 Å². The second-order valence-electron chi connectivity index (χ2n) is 6.39. The first-order valence-corrected chi connectivity index (χ1v) is 8.63. The maximum absolute atomic E-state index is 12.8. The van der Waals surface area contributed by atoms with E-state index in [-0.39, 0.29) is 18.3 Å². The second kappa shape index (κ2) is 7.47. The van der Waals surface area contributed by atoms with E-state index in [4.69, 9.17) is 4.74 Å². The molecule has 2 atom stereocenters. The van der Waals surface area contributed by atoms with Crippen LogP contribution in [0.5, 0.6) is 0 Å². The molecule has 0 bridgehead atoms. The Morgan fingerprint density at radius 3 is 2.40 bits per heavy atom. The van der Waals surface area contributed by atoms with Crippen LogP contribution < -0.4 is 0 Å². The maximum atomic E-state index is 12.8. The largest absolute Gasteiger partial charge is 0.465 e. The molecule has 25 heavy (non-hydrogen) atoms. The fraction of sp³-hybridized carbons (Fsp3) is 0.273. The average molecular weight is 334 g/mol. The molecule has 0 saturated heterocycles. The first kappa shape index (κ1) is 17.2. The van der Waals surface area contributed by atoms with E-state index >= 15 is 0 Å². The highest BCUT2D eigenvalue weighted by atomic mass is 16.5. The lowest BCUT2D eigenvalue weighted by Gasteiger charge is -2.29. The van der Waals surface area contributed by atoms with Crippen LogP contribution in [0.4, 0.5) is 0 Å². The minimum absolute atomic E-state index is 0.172. The van der Waals surface area contributed by atoms with Gasteiger partial charge in [-0.3, -0.25) is 9.59 Å². The Labute approximate surface area is 148 Å². The molecular formula is C22H22O3. The number of carbonyl (C=O) groups is 2. The van der Waals surface area contributed by atoms with Crippen molar-refractivity contribution in [1.82, 2.24) is 0 Å². The van der Waals surface area contributed by atoms with Gasteiger partial charge in [-0.1, -0.05) is 60.2 Å². The lowest BCUT2D eigenvalue weighted by molar-refractivity contribution is -0.151. The van der Waals surface area contributed by atoms with Gasteiger partial charge in [0, 0.05) is 5.92 Å². The van der Waals surface area contributed by atoms with Gasteiger partial charge in [0.15, 0.2) is 5.78 Å². The zero-order valence-electron chi connectivity index (χ0n) is 14.6. The van der Waals surface area contributed by atoms with E-state index in [1.807, 2.05) is 61.5 Å². The summed E-state index contributed by atoms with van der Waals surface area (Å²) in [5, 5.41) is 0. The van der Waals surface area contributed by atoms with Crippen LogP contribution in [0.3, 0.4) is 0 Å². The normalized spacial score (nSPS) is 20.1. The van der Waals surface area contributed by atoms with Crippen molar-refractivity contribution in [2.24, 2.45) is 5.92 Å². The topological polar surface area (TPSA) is 43.4 Å². The molecule has 0 unspecified atom stereocenters. The van der Waals surface area contributed by atoms with Crippen LogP contribution in [0, 0.1) is 12.8 Å². The monoisotopic (exact) mass is 334 g/mol. The van der Waals surface area contributed by atoms with E-state index in [1.54, 1.807) is 13.0 Å². The summed E-state index contributed by atoms with van der Waals surface area (Å²) in [7, 11) is 0. The number of carbonyl (C=O) groups excluding carboxylic acids is 2. The van der Waals surface area contributed by atoms with Crippen molar-refractivity contribution >= 4 is 17.3 Å². The van der Waals surface area contributed by atoms with Crippen molar-refractivity contribution in [1.29, 1.82) is 0 Å². The van der Waals surface area contributed by atoms with Crippen LogP contribution in [-0.4, -0.2) is 18.4 Å². The molecule has 128 valence electrons. The van der Waals surface area contributed by atoms with E-state index in [2.05, 4.69) is 0 Å². The van der Waals surface area contributed by atoms with Crippen molar-refractivity contribution in [2.75, 3.05) is 6.61 Å². The molecule has 2 aromatic carbocycles. The zero-order valence-corrected chi connectivity index (χ0v) is 14.6. The first-order valence-electron chi connectivity index (χ1n) is 8.63. The van der Waals surface area contributed by atoms with Gasteiger partial charge in [-0.15, -0.1) is 0 Å². The number of hydrogen-bond donors (Lipinski definition) is 0. The quantitative estimate of drug-likeness (QED) is 0.618. The summed E-state index contributed by atoms with van der Waals surface area (Å²) in [6, 6.07) is 17.9. The van der Waals surface area contributed by atoms with Crippen LogP contribution in [0.15, 0.2) is 60.7 Å². The molecule has 0 aromatic heterocycles. The van der Waals surface area contributed by atoms with E-state index in [0.29, 0.717) is 6.42 Å². The molecule has 3 heteroatoms. The molecule has 3 nitrogen and oxygen atoms in total. The molecule has 0 heterocycles. The van der Waals surface area contributed by atoms with Crippen LogP contribution in [-0.2, 0) is 14.3 Å². The fourth-order valence-electron chi connectivity index (χ4n) is 3.36. The predicted octanol–water partition coefficient (Wildman–Crippen LogP) is 4.31. The molecule has 0 N–H and O–H groups in total. The minimum atomic E-state index is -0.768. The Morgan fingerprint density at radius 2 is 1.76 bits per heavy atom. The van der Waals surface area contributed by atoms with Crippen molar-refractivity contribution in [3.05, 3.63) is 77.4 Å². The van der Waals surface area contributed by atoms with Crippen molar-refractivity contribution in [3.63, 3.8) is 0 Å². The summed E-state index contributed by atoms with van der Waals surface area (Å²) in [5.74, 6) is -1.57. The highest BCUT2D eigenvalue weighted by molar-refractivity contribution is 6.10.